The second kappa shape index (κ2) is 7.88. The minimum Gasteiger partial charge on any atom is -0.319 e. The first kappa shape index (κ1) is 18.8. The molecule has 5 rings (SSSR count). The van der Waals surface area contributed by atoms with Crippen LogP contribution in [0.3, 0.4) is 0 Å². The Labute approximate surface area is 178 Å². The van der Waals surface area contributed by atoms with Gasteiger partial charge in [-0.2, -0.15) is 0 Å². The molecule has 5 aromatic rings. The third-order valence-corrected chi connectivity index (χ3v) is 5.21. The maximum atomic E-state index is 13.8. The number of nitrogens with zero attached hydrogens (tertiary/aromatic N) is 7. The normalized spacial score (nSPS) is 10.9. The van der Waals surface area contributed by atoms with Crippen LogP contribution in [0, 0.1) is 5.82 Å². The van der Waals surface area contributed by atoms with E-state index >= 15 is 0 Å². The molecule has 0 spiro atoms. The number of halogens is 1. The molecule has 2 aromatic carbocycles. The van der Waals surface area contributed by atoms with Gasteiger partial charge in [0, 0.05) is 5.69 Å². The maximum absolute atomic E-state index is 13.8. The maximum Gasteiger partial charge on any atom is 0.295 e. The van der Waals surface area contributed by atoms with Crippen LogP contribution in [-0.4, -0.2) is 40.9 Å². The molecule has 0 atom stereocenters. The lowest BCUT2D eigenvalue weighted by Crippen LogP contribution is -2.14. The smallest absolute Gasteiger partial charge is 0.295 e. The number of benzene rings is 2. The molecule has 31 heavy (non-hydrogen) atoms. The average Bonchev–Trinajstić information content (AvgIpc) is 3.55. The van der Waals surface area contributed by atoms with Crippen LogP contribution >= 0.6 is 11.3 Å². The molecule has 0 aliphatic heterocycles. The molecule has 3 heterocycles. The van der Waals surface area contributed by atoms with Crippen molar-refractivity contribution in [2.75, 3.05) is 5.32 Å². The number of carbonyl (C=O) groups is 1. The third-order valence-electron chi connectivity index (χ3n) is 4.34. The van der Waals surface area contributed by atoms with Gasteiger partial charge in [0.15, 0.2) is 5.82 Å². The summed E-state index contributed by atoms with van der Waals surface area (Å²) in [7, 11) is 0. The summed E-state index contributed by atoms with van der Waals surface area (Å²) in [5.41, 5.74) is 1.78. The first-order chi connectivity index (χ1) is 15.2. The summed E-state index contributed by atoms with van der Waals surface area (Å²) in [6, 6.07) is 16.7. The average molecular weight is 432 g/mol. The second-order valence-electron chi connectivity index (χ2n) is 6.38. The van der Waals surface area contributed by atoms with Crippen LogP contribution in [0.5, 0.6) is 0 Å². The van der Waals surface area contributed by atoms with Gasteiger partial charge in [0.2, 0.25) is 5.82 Å². The van der Waals surface area contributed by atoms with E-state index in [-0.39, 0.29) is 5.82 Å². The summed E-state index contributed by atoms with van der Waals surface area (Å²) < 4.78 is 16.7. The number of rotatable bonds is 5. The number of hydrogen-bond donors (Lipinski definition) is 1. The van der Waals surface area contributed by atoms with Crippen molar-refractivity contribution in [3.05, 3.63) is 84.0 Å². The minimum atomic E-state index is -0.483. The fraction of sp³-hybridized carbons (Fsp3) is 0. The fourth-order valence-electron chi connectivity index (χ4n) is 2.93. The van der Waals surface area contributed by atoms with Crippen LogP contribution in [0.4, 0.5) is 10.1 Å². The van der Waals surface area contributed by atoms with E-state index in [0.717, 1.165) is 10.6 Å². The zero-order valence-corrected chi connectivity index (χ0v) is 16.6. The summed E-state index contributed by atoms with van der Waals surface area (Å²) in [6.45, 7) is 0. The molecule has 9 nitrogen and oxygen atoms in total. The van der Waals surface area contributed by atoms with E-state index in [2.05, 4.69) is 30.9 Å². The molecule has 0 saturated carbocycles. The van der Waals surface area contributed by atoms with Gasteiger partial charge in [-0.05, 0) is 64.3 Å². The number of thiophene rings is 1. The Morgan fingerprint density at radius 3 is 2.61 bits per heavy atom. The second-order valence-corrected chi connectivity index (χ2v) is 7.33. The van der Waals surface area contributed by atoms with Gasteiger partial charge in [0.05, 0.1) is 16.3 Å². The number of nitrogens with one attached hydrogen (secondary N) is 1. The van der Waals surface area contributed by atoms with Crippen molar-refractivity contribution in [3.8, 4) is 22.1 Å². The zero-order chi connectivity index (χ0) is 21.2. The van der Waals surface area contributed by atoms with Gasteiger partial charge < -0.3 is 5.32 Å². The Morgan fingerprint density at radius 1 is 1.03 bits per heavy atom. The lowest BCUT2D eigenvalue weighted by Gasteiger charge is -2.04. The van der Waals surface area contributed by atoms with Crippen molar-refractivity contribution in [3.63, 3.8) is 0 Å². The lowest BCUT2D eigenvalue weighted by atomic mass is 10.3. The Morgan fingerprint density at radius 2 is 1.90 bits per heavy atom. The molecule has 152 valence electrons. The molecular weight excluding hydrogens is 419 g/mol. The third kappa shape index (κ3) is 3.81. The first-order valence-corrected chi connectivity index (χ1v) is 9.97. The first-order valence-electron chi connectivity index (χ1n) is 9.09. The van der Waals surface area contributed by atoms with Crippen molar-refractivity contribution in [1.29, 1.82) is 0 Å². The molecule has 0 bridgehead atoms. The number of hydrogen-bond acceptors (Lipinski definition) is 7. The molecule has 3 aromatic heterocycles. The SMILES string of the molecule is O=C(Nc1ccc(-n2cnnn2)cc1)c1nc(-c2cccs2)n(-c2cccc(F)c2)n1. The number of carbonyl (C=O) groups excluding carboxylic acids is 1. The van der Waals surface area contributed by atoms with Crippen LogP contribution in [0.25, 0.3) is 22.1 Å². The van der Waals surface area contributed by atoms with Crippen LogP contribution in [0.2, 0.25) is 0 Å². The Balaban J connectivity index is 1.44. The summed E-state index contributed by atoms with van der Waals surface area (Å²) in [6.07, 6.45) is 1.47. The summed E-state index contributed by atoms with van der Waals surface area (Å²) in [5, 5.41) is 20.0. The molecule has 11 heteroatoms. The van der Waals surface area contributed by atoms with Gasteiger partial charge in [-0.15, -0.1) is 21.5 Å². The van der Waals surface area contributed by atoms with Crippen molar-refractivity contribution >= 4 is 22.9 Å². The van der Waals surface area contributed by atoms with Crippen LogP contribution in [0.15, 0.2) is 72.4 Å². The number of amides is 1. The number of anilines is 1. The van der Waals surface area contributed by atoms with Gasteiger partial charge in [-0.1, -0.05) is 12.1 Å². The van der Waals surface area contributed by atoms with E-state index in [9.17, 15) is 9.18 Å². The van der Waals surface area contributed by atoms with E-state index in [0.29, 0.717) is 17.2 Å². The summed E-state index contributed by atoms with van der Waals surface area (Å²) >= 11 is 1.45. The molecule has 0 saturated heterocycles. The lowest BCUT2D eigenvalue weighted by molar-refractivity contribution is 0.101. The van der Waals surface area contributed by atoms with Gasteiger partial charge in [-0.3, -0.25) is 4.79 Å². The quantitative estimate of drug-likeness (QED) is 0.457. The summed E-state index contributed by atoms with van der Waals surface area (Å²) in [4.78, 5) is 18.0. The van der Waals surface area contributed by atoms with E-state index in [1.807, 2.05) is 17.5 Å². The van der Waals surface area contributed by atoms with E-state index < -0.39 is 11.7 Å². The molecule has 0 aliphatic rings. The van der Waals surface area contributed by atoms with Gasteiger partial charge in [0.1, 0.15) is 12.1 Å². The van der Waals surface area contributed by atoms with Crippen LogP contribution in [0.1, 0.15) is 10.6 Å². The highest BCUT2D eigenvalue weighted by molar-refractivity contribution is 7.13. The van der Waals surface area contributed by atoms with Crippen molar-refractivity contribution in [2.24, 2.45) is 0 Å². The van der Waals surface area contributed by atoms with Crippen molar-refractivity contribution in [2.45, 2.75) is 0 Å². The molecular formula is C20H13FN8OS. The van der Waals surface area contributed by atoms with E-state index in [4.69, 9.17) is 0 Å². The van der Waals surface area contributed by atoms with Crippen LogP contribution < -0.4 is 5.32 Å². The number of tetrazole rings is 1. The monoisotopic (exact) mass is 432 g/mol. The highest BCUT2D eigenvalue weighted by atomic mass is 32.1. The van der Waals surface area contributed by atoms with Gasteiger partial charge >= 0.3 is 0 Å². The van der Waals surface area contributed by atoms with Gasteiger partial charge in [0.25, 0.3) is 5.91 Å². The topological polar surface area (TPSA) is 103 Å². The Hall–Kier alpha value is -4.25. The van der Waals surface area contributed by atoms with Gasteiger partial charge in [-0.25, -0.2) is 18.7 Å². The van der Waals surface area contributed by atoms with Crippen molar-refractivity contribution < 1.29 is 9.18 Å². The Bertz CT molecular complexity index is 1330. The molecule has 0 unspecified atom stereocenters. The fourth-order valence-corrected chi connectivity index (χ4v) is 3.62. The van der Waals surface area contributed by atoms with Crippen molar-refractivity contribution in [1.82, 2.24) is 35.0 Å². The highest BCUT2D eigenvalue weighted by Gasteiger charge is 2.20. The van der Waals surface area contributed by atoms with E-state index in [1.165, 1.54) is 39.2 Å². The predicted molar refractivity (Wildman–Crippen MR) is 112 cm³/mol. The standard InChI is InChI=1S/C20H13FN8OS/c21-13-3-1-4-16(11-13)29-19(17-5-2-10-31-17)24-18(25-29)20(30)23-14-6-8-15(9-7-14)28-12-22-26-27-28/h1-12H,(H,23,30). The molecule has 0 radical (unpaired) electrons. The number of aromatic nitrogens is 7. The highest BCUT2D eigenvalue weighted by Crippen LogP contribution is 2.26. The molecule has 0 aliphatic carbocycles. The van der Waals surface area contributed by atoms with E-state index in [1.54, 1.807) is 36.4 Å². The molecule has 1 N–H and O–H groups in total. The zero-order valence-electron chi connectivity index (χ0n) is 15.8. The van der Waals surface area contributed by atoms with Crippen LogP contribution in [-0.2, 0) is 0 Å². The molecule has 1 amide bonds. The largest absolute Gasteiger partial charge is 0.319 e. The molecule has 0 fully saturated rings. The summed E-state index contributed by atoms with van der Waals surface area (Å²) in [5.74, 6) is -0.459. The minimum absolute atomic E-state index is 0.0304. The Kier molecular flexibility index (Phi) is 4.77. The predicted octanol–water partition coefficient (Wildman–Crippen LogP) is 3.36.